The van der Waals surface area contributed by atoms with Crippen LogP contribution in [0.25, 0.3) is 0 Å². The fourth-order valence-electron chi connectivity index (χ4n) is 3.85. The Morgan fingerprint density at radius 2 is 1.82 bits per heavy atom. The first-order valence-corrected chi connectivity index (χ1v) is 9.71. The molecule has 1 fully saturated rings. The number of quaternary nitrogens is 1. The lowest BCUT2D eigenvalue weighted by molar-refractivity contribution is -0.906. The lowest BCUT2D eigenvalue weighted by Gasteiger charge is -2.29. The van der Waals surface area contributed by atoms with Crippen molar-refractivity contribution in [2.24, 2.45) is 0 Å². The number of rotatable bonds is 5. The largest absolute Gasteiger partial charge is 0.375 e. The molecule has 7 heteroatoms. The summed E-state index contributed by atoms with van der Waals surface area (Å²) in [5.41, 5.74) is -0.299. The summed E-state index contributed by atoms with van der Waals surface area (Å²) in [5, 5.41) is 11.9. The van der Waals surface area contributed by atoms with Crippen LogP contribution in [-0.2, 0) is 15.1 Å². The maximum absolute atomic E-state index is 13.2. The number of aliphatic hydroxyl groups is 1. The summed E-state index contributed by atoms with van der Waals surface area (Å²) in [5.74, 6) is -0.752. The van der Waals surface area contributed by atoms with Gasteiger partial charge in [-0.15, -0.1) is 0 Å². The number of hydrogen-bond acceptors (Lipinski definition) is 4. The van der Waals surface area contributed by atoms with Gasteiger partial charge in [0.15, 0.2) is 18.1 Å². The fraction of sp³-hybridized carbons (Fsp3) is 0.333. The van der Waals surface area contributed by atoms with E-state index in [0.29, 0.717) is 41.7 Å². The first kappa shape index (κ1) is 19.1. The highest BCUT2D eigenvalue weighted by Gasteiger charge is 2.51. The highest BCUT2D eigenvalue weighted by atomic mass is 35.5. The van der Waals surface area contributed by atoms with E-state index in [1.54, 1.807) is 41.3 Å². The number of Topliss-reactive ketones (excluding diaryl/α,β-unsaturated/α-hetero) is 1. The summed E-state index contributed by atoms with van der Waals surface area (Å²) < 4.78 is 5.38. The zero-order valence-corrected chi connectivity index (χ0v) is 16.1. The van der Waals surface area contributed by atoms with E-state index in [2.05, 4.69) is 0 Å². The minimum absolute atomic E-state index is 0.303. The van der Waals surface area contributed by atoms with Gasteiger partial charge in [0.2, 0.25) is 0 Å². The molecule has 1 amide bonds. The quantitative estimate of drug-likeness (QED) is 0.734. The number of benzene rings is 2. The molecule has 6 nitrogen and oxygen atoms in total. The molecule has 0 radical (unpaired) electrons. The van der Waals surface area contributed by atoms with Crippen molar-refractivity contribution in [3.63, 3.8) is 0 Å². The summed E-state index contributed by atoms with van der Waals surface area (Å²) in [6, 6.07) is 13.6. The molecule has 0 bridgehead atoms. The summed E-state index contributed by atoms with van der Waals surface area (Å²) in [4.78, 5) is 28.8. The van der Waals surface area contributed by atoms with Gasteiger partial charge in [0, 0.05) is 16.1 Å². The molecule has 0 spiro atoms. The normalized spacial score (nSPS) is 22.4. The Bertz CT molecular complexity index is 896. The molecule has 0 saturated carbocycles. The van der Waals surface area contributed by atoms with Crippen molar-refractivity contribution in [3.8, 4) is 0 Å². The van der Waals surface area contributed by atoms with Crippen molar-refractivity contribution < 1.29 is 24.3 Å². The van der Waals surface area contributed by atoms with E-state index < -0.39 is 11.5 Å². The van der Waals surface area contributed by atoms with Crippen molar-refractivity contribution in [1.82, 2.24) is 0 Å². The molecule has 0 aliphatic carbocycles. The molecular weight excluding hydrogens is 380 g/mol. The molecule has 4 rings (SSSR count). The number of nitrogens with one attached hydrogen (secondary N) is 1. The number of amides is 1. The van der Waals surface area contributed by atoms with E-state index in [-0.39, 0.29) is 12.2 Å². The van der Waals surface area contributed by atoms with Gasteiger partial charge in [0.1, 0.15) is 13.1 Å². The lowest BCUT2D eigenvalue weighted by Crippen LogP contribution is -3.15. The summed E-state index contributed by atoms with van der Waals surface area (Å²) in [6.45, 7) is 3.34. The van der Waals surface area contributed by atoms with E-state index >= 15 is 0 Å². The molecular formula is C21H22ClN2O4+. The van der Waals surface area contributed by atoms with E-state index in [9.17, 15) is 14.7 Å². The number of ketones is 1. The Morgan fingerprint density at radius 3 is 2.54 bits per heavy atom. The second kappa shape index (κ2) is 7.64. The number of fused-ring (bicyclic) bond motifs is 1. The number of halogens is 1. The first-order chi connectivity index (χ1) is 13.5. The summed E-state index contributed by atoms with van der Waals surface area (Å²) in [6.07, 6.45) is -0.306. The van der Waals surface area contributed by atoms with Crippen molar-refractivity contribution in [3.05, 3.63) is 64.7 Å². The maximum Gasteiger partial charge on any atom is 0.268 e. The predicted molar refractivity (Wildman–Crippen MR) is 105 cm³/mol. The van der Waals surface area contributed by atoms with E-state index in [0.717, 1.165) is 13.1 Å². The number of carbonyl (C=O) groups is 2. The zero-order chi connectivity index (χ0) is 19.7. The van der Waals surface area contributed by atoms with Gasteiger partial charge in [0.25, 0.3) is 5.91 Å². The first-order valence-electron chi connectivity index (χ1n) is 9.33. The maximum atomic E-state index is 13.2. The van der Waals surface area contributed by atoms with Gasteiger partial charge in [-0.1, -0.05) is 29.8 Å². The topological polar surface area (TPSA) is 71.3 Å². The summed E-state index contributed by atoms with van der Waals surface area (Å²) in [7, 11) is 0. The molecule has 0 unspecified atom stereocenters. The Hall–Kier alpha value is -2.25. The molecule has 1 saturated heterocycles. The van der Waals surface area contributed by atoms with Crippen LogP contribution >= 0.6 is 11.6 Å². The van der Waals surface area contributed by atoms with Crippen LogP contribution in [0.1, 0.15) is 22.3 Å². The SMILES string of the molecule is O=C(C[C@@]1(O)C(=O)N(C[NH+]2CCOCC2)c2ccccc21)c1ccc(Cl)cc1. The molecule has 146 valence electrons. The number of hydrogen-bond donors (Lipinski definition) is 2. The van der Waals surface area contributed by atoms with E-state index in [4.69, 9.17) is 16.3 Å². The minimum Gasteiger partial charge on any atom is -0.375 e. The summed E-state index contributed by atoms with van der Waals surface area (Å²) >= 11 is 5.88. The Morgan fingerprint density at radius 1 is 1.14 bits per heavy atom. The van der Waals surface area contributed by atoms with Crippen LogP contribution in [0.15, 0.2) is 48.5 Å². The molecule has 1 atom stereocenters. The molecule has 2 aromatic rings. The molecule has 2 aliphatic heterocycles. The number of carbonyl (C=O) groups excluding carboxylic acids is 2. The fourth-order valence-corrected chi connectivity index (χ4v) is 3.97. The third-order valence-corrected chi connectivity index (χ3v) is 5.66. The van der Waals surface area contributed by atoms with Crippen LogP contribution < -0.4 is 9.80 Å². The van der Waals surface area contributed by atoms with E-state index in [1.807, 2.05) is 12.1 Å². The van der Waals surface area contributed by atoms with Gasteiger partial charge < -0.3 is 14.7 Å². The molecule has 2 heterocycles. The van der Waals surface area contributed by atoms with Crippen molar-refractivity contribution in [1.29, 1.82) is 0 Å². The number of anilines is 1. The molecule has 28 heavy (non-hydrogen) atoms. The zero-order valence-electron chi connectivity index (χ0n) is 15.4. The van der Waals surface area contributed by atoms with Gasteiger partial charge in [-0.25, -0.2) is 0 Å². The van der Waals surface area contributed by atoms with Gasteiger partial charge in [-0.3, -0.25) is 14.5 Å². The Kier molecular flexibility index (Phi) is 5.21. The van der Waals surface area contributed by atoms with Gasteiger partial charge in [0.05, 0.1) is 25.3 Å². The highest BCUT2D eigenvalue weighted by Crippen LogP contribution is 2.42. The highest BCUT2D eigenvalue weighted by molar-refractivity contribution is 6.30. The molecule has 2 aliphatic rings. The molecule has 2 aromatic carbocycles. The average Bonchev–Trinajstić information content (AvgIpc) is 2.91. The van der Waals surface area contributed by atoms with Crippen LogP contribution in [-0.4, -0.2) is 49.8 Å². The second-order valence-electron chi connectivity index (χ2n) is 7.24. The number of para-hydroxylation sites is 1. The number of nitrogens with zero attached hydrogens (tertiary/aromatic N) is 1. The Balaban J connectivity index is 1.61. The smallest absolute Gasteiger partial charge is 0.268 e. The minimum atomic E-state index is -1.86. The van der Waals surface area contributed by atoms with Crippen LogP contribution in [0.2, 0.25) is 5.02 Å². The third-order valence-electron chi connectivity index (χ3n) is 5.40. The predicted octanol–water partition coefficient (Wildman–Crippen LogP) is 1.02. The monoisotopic (exact) mass is 401 g/mol. The van der Waals surface area contributed by atoms with Crippen molar-refractivity contribution in [2.45, 2.75) is 12.0 Å². The Labute approximate surface area is 168 Å². The average molecular weight is 402 g/mol. The van der Waals surface area contributed by atoms with Crippen LogP contribution in [0, 0.1) is 0 Å². The van der Waals surface area contributed by atoms with E-state index in [1.165, 1.54) is 4.90 Å². The van der Waals surface area contributed by atoms with Crippen molar-refractivity contribution >= 4 is 29.0 Å². The molecule has 2 N–H and O–H groups in total. The van der Waals surface area contributed by atoms with Crippen LogP contribution in [0.3, 0.4) is 0 Å². The van der Waals surface area contributed by atoms with Gasteiger partial charge in [-0.05, 0) is 30.3 Å². The van der Waals surface area contributed by atoms with Crippen LogP contribution in [0.4, 0.5) is 5.69 Å². The van der Waals surface area contributed by atoms with Crippen LogP contribution in [0.5, 0.6) is 0 Å². The molecule has 0 aromatic heterocycles. The number of morpholine rings is 1. The third kappa shape index (κ3) is 3.44. The standard InChI is InChI=1S/C21H21ClN2O4/c22-16-7-5-15(6-8-16)19(25)13-21(27)17-3-1-2-4-18(17)24(20(21)26)14-23-9-11-28-12-10-23/h1-8,27H,9-14H2/p+1/t21-/m0/s1. The van der Waals surface area contributed by atoms with Gasteiger partial charge >= 0.3 is 0 Å². The second-order valence-corrected chi connectivity index (χ2v) is 7.67. The number of ether oxygens (including phenoxy) is 1. The van der Waals surface area contributed by atoms with Gasteiger partial charge in [-0.2, -0.15) is 0 Å². The lowest BCUT2D eigenvalue weighted by atomic mass is 9.88. The van der Waals surface area contributed by atoms with Crippen molar-refractivity contribution in [2.75, 3.05) is 37.9 Å².